The number of benzene rings is 2. The molecule has 0 fully saturated rings. The van der Waals surface area contributed by atoms with Gasteiger partial charge in [0, 0.05) is 12.1 Å². The topological polar surface area (TPSA) is 58.6 Å². The average molecular weight is 299 g/mol. The molecule has 2 N–H and O–H groups in total. The third kappa shape index (κ3) is 3.86. The summed E-state index contributed by atoms with van der Waals surface area (Å²) in [6, 6.07) is 12.9. The van der Waals surface area contributed by atoms with Crippen LogP contribution in [0.3, 0.4) is 0 Å². The van der Waals surface area contributed by atoms with Gasteiger partial charge in [0.1, 0.15) is 5.75 Å². The number of nitrogens with one attached hydrogen (secondary N) is 1. The van der Waals surface area contributed by atoms with Crippen molar-refractivity contribution in [1.29, 1.82) is 0 Å². The van der Waals surface area contributed by atoms with Gasteiger partial charge in [-0.25, -0.2) is 0 Å². The summed E-state index contributed by atoms with van der Waals surface area (Å²) in [5, 5.41) is 12.9. The molecule has 4 heteroatoms. The molecule has 0 bridgehead atoms. The molecule has 2 aromatic carbocycles. The second-order valence-corrected chi connectivity index (χ2v) is 5.32. The first-order valence-electron chi connectivity index (χ1n) is 7.18. The lowest BCUT2D eigenvalue weighted by atomic mass is 10.0. The molecule has 0 aliphatic rings. The Morgan fingerprint density at radius 1 is 1.23 bits per heavy atom. The van der Waals surface area contributed by atoms with Crippen molar-refractivity contribution in [3.8, 4) is 5.75 Å². The number of hydrogen-bond acceptors (Lipinski definition) is 3. The van der Waals surface area contributed by atoms with Crippen LogP contribution in [0.2, 0.25) is 0 Å². The Bertz CT molecular complexity index is 667. The van der Waals surface area contributed by atoms with Crippen molar-refractivity contribution in [2.24, 2.45) is 0 Å². The van der Waals surface area contributed by atoms with Crippen LogP contribution in [0.15, 0.2) is 42.5 Å². The molecule has 0 saturated carbocycles. The quantitative estimate of drug-likeness (QED) is 0.892. The number of carbonyl (C=O) groups excluding carboxylic acids is 1. The van der Waals surface area contributed by atoms with Gasteiger partial charge in [-0.2, -0.15) is 0 Å². The Balaban J connectivity index is 2.00. The standard InChI is InChI=1S/C18H21NO3/c1-12-7-8-16(13(2)9-12)18(21)19-11-17(20)14-5-4-6-15(10-14)22-3/h4-10,17,20H,11H2,1-3H3,(H,19,21). The summed E-state index contributed by atoms with van der Waals surface area (Å²) in [6.45, 7) is 4.04. The molecule has 116 valence electrons. The van der Waals surface area contributed by atoms with Crippen LogP contribution >= 0.6 is 0 Å². The number of aliphatic hydroxyl groups is 1. The minimum absolute atomic E-state index is 0.152. The molecule has 0 aromatic heterocycles. The van der Waals surface area contributed by atoms with Gasteiger partial charge in [-0.1, -0.05) is 29.8 Å². The zero-order valence-corrected chi connectivity index (χ0v) is 13.1. The molecular weight excluding hydrogens is 278 g/mol. The Kier molecular flexibility index (Phi) is 5.17. The molecule has 22 heavy (non-hydrogen) atoms. The Hall–Kier alpha value is -2.33. The highest BCUT2D eigenvalue weighted by Crippen LogP contribution is 2.18. The molecule has 4 nitrogen and oxygen atoms in total. The van der Waals surface area contributed by atoms with Gasteiger partial charge in [-0.3, -0.25) is 4.79 Å². The van der Waals surface area contributed by atoms with E-state index in [9.17, 15) is 9.90 Å². The van der Waals surface area contributed by atoms with E-state index in [1.54, 1.807) is 25.3 Å². The van der Waals surface area contributed by atoms with E-state index < -0.39 is 6.10 Å². The maximum atomic E-state index is 12.2. The summed E-state index contributed by atoms with van der Waals surface area (Å²) in [4.78, 5) is 12.2. The summed E-state index contributed by atoms with van der Waals surface area (Å²) < 4.78 is 5.13. The van der Waals surface area contributed by atoms with Crippen molar-refractivity contribution in [2.75, 3.05) is 13.7 Å². The summed E-state index contributed by atoms with van der Waals surface area (Å²) in [5.41, 5.74) is 3.38. The lowest BCUT2D eigenvalue weighted by Gasteiger charge is -2.14. The maximum Gasteiger partial charge on any atom is 0.251 e. The van der Waals surface area contributed by atoms with Gasteiger partial charge in [-0.15, -0.1) is 0 Å². The summed E-state index contributed by atoms with van der Waals surface area (Å²) >= 11 is 0. The van der Waals surface area contributed by atoms with Crippen molar-refractivity contribution in [1.82, 2.24) is 5.32 Å². The van der Waals surface area contributed by atoms with Gasteiger partial charge in [0.25, 0.3) is 5.91 Å². The van der Waals surface area contributed by atoms with E-state index in [0.29, 0.717) is 16.9 Å². The smallest absolute Gasteiger partial charge is 0.251 e. The van der Waals surface area contributed by atoms with E-state index in [1.807, 2.05) is 38.1 Å². The van der Waals surface area contributed by atoms with E-state index in [4.69, 9.17) is 4.74 Å². The van der Waals surface area contributed by atoms with Crippen LogP contribution in [0.1, 0.15) is 33.2 Å². The Morgan fingerprint density at radius 3 is 2.68 bits per heavy atom. The van der Waals surface area contributed by atoms with Crippen LogP contribution in [-0.4, -0.2) is 24.7 Å². The van der Waals surface area contributed by atoms with Crippen LogP contribution in [0.5, 0.6) is 5.75 Å². The lowest BCUT2D eigenvalue weighted by molar-refractivity contribution is 0.0915. The predicted octanol–water partition coefficient (Wildman–Crippen LogP) is 2.78. The van der Waals surface area contributed by atoms with Gasteiger partial charge >= 0.3 is 0 Å². The predicted molar refractivity (Wildman–Crippen MR) is 86.2 cm³/mol. The molecule has 1 atom stereocenters. The number of rotatable bonds is 5. The van der Waals surface area contributed by atoms with Gasteiger partial charge in [0.05, 0.1) is 13.2 Å². The van der Waals surface area contributed by atoms with Crippen molar-refractivity contribution >= 4 is 5.91 Å². The third-order valence-corrected chi connectivity index (χ3v) is 3.56. The highest BCUT2D eigenvalue weighted by atomic mass is 16.5. The average Bonchev–Trinajstić information content (AvgIpc) is 2.52. The Labute approximate surface area is 130 Å². The molecule has 2 rings (SSSR count). The fourth-order valence-corrected chi connectivity index (χ4v) is 2.32. The van der Waals surface area contributed by atoms with E-state index in [0.717, 1.165) is 11.1 Å². The van der Waals surface area contributed by atoms with Crippen molar-refractivity contribution in [2.45, 2.75) is 20.0 Å². The van der Waals surface area contributed by atoms with Gasteiger partial charge in [0.15, 0.2) is 0 Å². The maximum absolute atomic E-state index is 12.2. The minimum Gasteiger partial charge on any atom is -0.497 e. The molecule has 1 amide bonds. The first kappa shape index (κ1) is 16.0. The van der Waals surface area contributed by atoms with Crippen LogP contribution in [-0.2, 0) is 0 Å². The van der Waals surface area contributed by atoms with Gasteiger partial charge in [-0.05, 0) is 43.2 Å². The Morgan fingerprint density at radius 2 is 2.00 bits per heavy atom. The molecule has 0 saturated heterocycles. The highest BCUT2D eigenvalue weighted by molar-refractivity contribution is 5.95. The van der Waals surface area contributed by atoms with Crippen molar-refractivity contribution in [3.05, 3.63) is 64.7 Å². The van der Waals surface area contributed by atoms with Crippen LogP contribution in [0, 0.1) is 13.8 Å². The van der Waals surface area contributed by atoms with E-state index in [1.165, 1.54) is 0 Å². The van der Waals surface area contributed by atoms with Crippen LogP contribution in [0.4, 0.5) is 0 Å². The number of aryl methyl sites for hydroxylation is 2. The SMILES string of the molecule is COc1cccc(C(O)CNC(=O)c2ccc(C)cc2C)c1. The molecule has 0 heterocycles. The number of methoxy groups -OCH3 is 1. The fourth-order valence-electron chi connectivity index (χ4n) is 2.32. The number of aliphatic hydroxyl groups excluding tert-OH is 1. The number of amides is 1. The van der Waals surface area contributed by atoms with Crippen molar-refractivity contribution < 1.29 is 14.6 Å². The number of carbonyl (C=O) groups is 1. The van der Waals surface area contributed by atoms with Crippen LogP contribution in [0.25, 0.3) is 0 Å². The highest BCUT2D eigenvalue weighted by Gasteiger charge is 2.13. The summed E-state index contributed by atoms with van der Waals surface area (Å²) in [6.07, 6.45) is -0.773. The molecule has 2 aromatic rings. The molecule has 0 aliphatic heterocycles. The first-order chi connectivity index (χ1) is 10.5. The molecule has 0 radical (unpaired) electrons. The zero-order chi connectivity index (χ0) is 16.1. The van der Waals surface area contributed by atoms with Crippen LogP contribution < -0.4 is 10.1 Å². The summed E-state index contributed by atoms with van der Waals surface area (Å²) in [7, 11) is 1.58. The second-order valence-electron chi connectivity index (χ2n) is 5.32. The first-order valence-corrected chi connectivity index (χ1v) is 7.18. The molecular formula is C18H21NO3. The second kappa shape index (κ2) is 7.09. The molecule has 0 spiro atoms. The molecule has 1 unspecified atom stereocenters. The largest absolute Gasteiger partial charge is 0.497 e. The normalized spacial score (nSPS) is 11.8. The van der Waals surface area contributed by atoms with Gasteiger partial charge in [0.2, 0.25) is 0 Å². The summed E-state index contributed by atoms with van der Waals surface area (Å²) in [5.74, 6) is 0.497. The molecule has 0 aliphatic carbocycles. The van der Waals surface area contributed by atoms with E-state index >= 15 is 0 Å². The minimum atomic E-state index is -0.773. The van der Waals surface area contributed by atoms with E-state index in [2.05, 4.69) is 5.32 Å². The third-order valence-electron chi connectivity index (χ3n) is 3.56. The zero-order valence-electron chi connectivity index (χ0n) is 13.1. The van der Waals surface area contributed by atoms with Gasteiger partial charge < -0.3 is 15.2 Å². The van der Waals surface area contributed by atoms with Crippen molar-refractivity contribution in [3.63, 3.8) is 0 Å². The lowest BCUT2D eigenvalue weighted by Crippen LogP contribution is -2.28. The fraction of sp³-hybridized carbons (Fsp3) is 0.278. The monoisotopic (exact) mass is 299 g/mol. The van der Waals surface area contributed by atoms with E-state index in [-0.39, 0.29) is 12.5 Å². The number of ether oxygens (including phenoxy) is 1. The number of hydrogen-bond donors (Lipinski definition) is 2.